The Morgan fingerprint density at radius 1 is 1.80 bits per heavy atom. The van der Waals surface area contributed by atoms with Crippen LogP contribution in [0.2, 0.25) is 0 Å². The molecule has 3 nitrogen and oxygen atoms in total. The maximum Gasteiger partial charge on any atom is 0.194 e. The maximum absolute atomic E-state index is 8.81. The Bertz CT molecular complexity index is 32.6. The first-order chi connectivity index (χ1) is 1.73. The van der Waals surface area contributed by atoms with Gasteiger partial charge in [0.15, 0.2) is 7.05 Å². The smallest absolute Gasteiger partial charge is 0.194 e. The van der Waals surface area contributed by atoms with Crippen LogP contribution in [-0.2, 0) is 17.1 Å². The van der Waals surface area contributed by atoms with Crippen molar-refractivity contribution in [1.82, 2.24) is 0 Å². The van der Waals surface area contributed by atoms with Crippen LogP contribution in [-0.4, -0.2) is 12.0 Å². The van der Waals surface area contributed by atoms with Gasteiger partial charge in [0.2, 0.25) is 0 Å². The van der Waals surface area contributed by atoms with Crippen LogP contribution >= 0.6 is 0 Å². The van der Waals surface area contributed by atoms with E-state index in [4.69, 9.17) is 10.1 Å². The molecule has 32 valence electrons. The van der Waals surface area contributed by atoms with Crippen LogP contribution in [0.3, 0.4) is 0 Å². The fourth-order valence-corrected chi connectivity index (χ4v) is 0. The first-order valence-electron chi connectivity index (χ1n) is 0.812. The Balaban J connectivity index is 0. The van der Waals surface area contributed by atoms with Crippen molar-refractivity contribution in [3.63, 3.8) is 0 Å². The third kappa shape index (κ3) is 2230. The molecule has 0 heterocycles. The third-order valence-electron chi connectivity index (χ3n) is 0. The van der Waals surface area contributed by atoms with Gasteiger partial charge in [-0.2, -0.15) is 0 Å². The van der Waals surface area contributed by atoms with E-state index in [-0.39, 0.29) is 17.1 Å². The molecule has 0 aromatic heterocycles. The van der Waals surface area contributed by atoms with Gasteiger partial charge >= 0.3 is 0 Å². The molecule has 0 aliphatic carbocycles. The van der Waals surface area contributed by atoms with Crippen LogP contribution in [0, 0.1) is 10.1 Å². The van der Waals surface area contributed by atoms with Crippen molar-refractivity contribution >= 4 is 0 Å². The van der Waals surface area contributed by atoms with Crippen LogP contribution in [0.25, 0.3) is 0 Å². The van der Waals surface area contributed by atoms with Crippen molar-refractivity contribution < 1.29 is 22.0 Å². The SMILES string of the molecule is C[N+](=O)[O-].[Fe]. The summed E-state index contributed by atoms with van der Waals surface area (Å²) in [5.41, 5.74) is 0. The molecule has 4 heteroatoms. The molecule has 0 aromatic carbocycles. The quantitative estimate of drug-likeness (QED) is 0.252. The average molecular weight is 117 g/mol. The van der Waals surface area contributed by atoms with Crippen molar-refractivity contribution in [2.24, 2.45) is 0 Å². The zero-order valence-corrected chi connectivity index (χ0v) is 3.72. The van der Waals surface area contributed by atoms with Gasteiger partial charge in [0.1, 0.15) is 0 Å². The van der Waals surface area contributed by atoms with E-state index in [0.717, 1.165) is 7.05 Å². The second-order valence-corrected chi connectivity index (χ2v) is 0.440. The van der Waals surface area contributed by atoms with Gasteiger partial charge in [-0.05, 0) is 0 Å². The molecule has 0 rings (SSSR count). The molecule has 0 atom stereocenters. The van der Waals surface area contributed by atoms with Crippen molar-refractivity contribution in [2.45, 2.75) is 0 Å². The van der Waals surface area contributed by atoms with Gasteiger partial charge < -0.3 is 0 Å². The minimum Gasteiger partial charge on any atom is -0.265 e. The molecule has 0 saturated carbocycles. The normalized spacial score (nSPS) is 5.00. The molecule has 0 aliphatic rings. The van der Waals surface area contributed by atoms with Gasteiger partial charge in [-0.1, -0.05) is 0 Å². The second-order valence-electron chi connectivity index (χ2n) is 0.440. The summed E-state index contributed by atoms with van der Waals surface area (Å²) in [5.74, 6) is 0. The van der Waals surface area contributed by atoms with Gasteiger partial charge in [0, 0.05) is 22.0 Å². The van der Waals surface area contributed by atoms with E-state index in [9.17, 15) is 0 Å². The van der Waals surface area contributed by atoms with Crippen LogP contribution in [0.4, 0.5) is 0 Å². The number of hydrogen-bond donors (Lipinski definition) is 0. The fraction of sp³-hybridized carbons (Fsp3) is 1.00. The minimum absolute atomic E-state index is 0. The van der Waals surface area contributed by atoms with Crippen molar-refractivity contribution in [3.8, 4) is 0 Å². The zero-order chi connectivity index (χ0) is 3.58. The molecule has 0 N–H and O–H groups in total. The van der Waals surface area contributed by atoms with E-state index in [1.807, 2.05) is 0 Å². The van der Waals surface area contributed by atoms with E-state index < -0.39 is 4.92 Å². The van der Waals surface area contributed by atoms with Crippen LogP contribution < -0.4 is 0 Å². The number of nitro groups is 1. The Hall–Kier alpha value is -0.0805. The predicted octanol–water partition coefficient (Wildman–Crippen LogP) is -0.110. The van der Waals surface area contributed by atoms with E-state index in [1.54, 1.807) is 0 Å². The predicted molar refractivity (Wildman–Crippen MR) is 12.9 cm³/mol. The van der Waals surface area contributed by atoms with Crippen molar-refractivity contribution in [3.05, 3.63) is 10.1 Å². The first-order valence-corrected chi connectivity index (χ1v) is 0.812. The molecule has 0 saturated heterocycles. The molecule has 0 bridgehead atoms. The minimum atomic E-state index is -0.500. The molecule has 0 fully saturated rings. The van der Waals surface area contributed by atoms with Crippen LogP contribution in [0.5, 0.6) is 0 Å². The van der Waals surface area contributed by atoms with E-state index in [2.05, 4.69) is 0 Å². The monoisotopic (exact) mass is 117 g/mol. The van der Waals surface area contributed by atoms with Gasteiger partial charge in [0.25, 0.3) is 0 Å². The first kappa shape index (κ1) is 8.87. The Labute approximate surface area is 40.0 Å². The Morgan fingerprint density at radius 3 is 1.80 bits per heavy atom. The third-order valence-corrected chi connectivity index (χ3v) is 0. The summed E-state index contributed by atoms with van der Waals surface area (Å²) in [4.78, 5) is 8.31. The summed E-state index contributed by atoms with van der Waals surface area (Å²) < 4.78 is 0. The summed E-state index contributed by atoms with van der Waals surface area (Å²) in [6.07, 6.45) is 0. The molecule has 0 amide bonds. The molecule has 0 aliphatic heterocycles. The number of rotatable bonds is 0. The summed E-state index contributed by atoms with van der Waals surface area (Å²) >= 11 is 0. The van der Waals surface area contributed by atoms with Gasteiger partial charge in [-0.15, -0.1) is 0 Å². The molecule has 5 heavy (non-hydrogen) atoms. The standard InChI is InChI=1S/CH3NO2.Fe/c1-2(3)4;/h1H3;. The summed E-state index contributed by atoms with van der Waals surface area (Å²) in [7, 11) is 0.889. The maximum atomic E-state index is 8.81. The van der Waals surface area contributed by atoms with E-state index in [1.165, 1.54) is 0 Å². The van der Waals surface area contributed by atoms with Gasteiger partial charge in [-0.3, -0.25) is 10.1 Å². The number of hydrogen-bond acceptors (Lipinski definition) is 2. The van der Waals surface area contributed by atoms with Crippen molar-refractivity contribution in [1.29, 1.82) is 0 Å². The van der Waals surface area contributed by atoms with E-state index >= 15 is 0 Å². The number of nitrogens with zero attached hydrogens (tertiary/aromatic N) is 1. The van der Waals surface area contributed by atoms with Crippen LogP contribution in [0.15, 0.2) is 0 Å². The topological polar surface area (TPSA) is 43.1 Å². The van der Waals surface area contributed by atoms with Gasteiger partial charge in [0.05, 0.1) is 0 Å². The Morgan fingerprint density at radius 2 is 1.80 bits per heavy atom. The summed E-state index contributed by atoms with van der Waals surface area (Å²) in [6, 6.07) is 0. The van der Waals surface area contributed by atoms with Crippen LogP contribution in [0.1, 0.15) is 0 Å². The molecule has 0 radical (unpaired) electrons. The molecule has 0 aromatic rings. The van der Waals surface area contributed by atoms with Gasteiger partial charge in [-0.25, -0.2) is 0 Å². The molecular weight excluding hydrogens is 114 g/mol. The molecular formula is CH3FeNO2. The molecule has 0 spiro atoms. The Kier molecular flexibility index (Phi) is 6.95. The summed E-state index contributed by atoms with van der Waals surface area (Å²) in [6.45, 7) is 0. The summed E-state index contributed by atoms with van der Waals surface area (Å²) in [5, 5.41) is 8.81. The second kappa shape index (κ2) is 3.92. The largest absolute Gasteiger partial charge is 0.265 e. The van der Waals surface area contributed by atoms with Crippen molar-refractivity contribution in [2.75, 3.05) is 7.05 Å². The molecule has 0 unspecified atom stereocenters. The fourth-order valence-electron chi connectivity index (χ4n) is 0. The van der Waals surface area contributed by atoms with E-state index in [0.29, 0.717) is 0 Å². The zero-order valence-electron chi connectivity index (χ0n) is 2.62. The average Bonchev–Trinajstić information content (AvgIpc) is 0.811.